The number of aromatic nitrogens is 3. The Bertz CT molecular complexity index is 1560. The van der Waals surface area contributed by atoms with E-state index in [0.29, 0.717) is 36.4 Å². The van der Waals surface area contributed by atoms with Crippen molar-refractivity contribution in [1.82, 2.24) is 14.0 Å². The van der Waals surface area contributed by atoms with Crippen LogP contribution in [0.4, 0.5) is 0 Å². The molecule has 1 amide bonds. The summed E-state index contributed by atoms with van der Waals surface area (Å²) in [7, 11) is 1.60. The topological polar surface area (TPSA) is 102 Å². The highest BCUT2D eigenvalue weighted by molar-refractivity contribution is 5.96. The number of amides is 1. The van der Waals surface area contributed by atoms with Crippen molar-refractivity contribution in [2.75, 3.05) is 13.7 Å². The minimum absolute atomic E-state index is 0.133. The molecule has 0 saturated carbocycles. The van der Waals surface area contributed by atoms with Crippen molar-refractivity contribution in [3.05, 3.63) is 86.8 Å². The zero-order valence-corrected chi connectivity index (χ0v) is 18.7. The van der Waals surface area contributed by atoms with Crippen LogP contribution in [-0.4, -0.2) is 33.6 Å². The number of benzene rings is 1. The van der Waals surface area contributed by atoms with Crippen molar-refractivity contribution in [3.8, 4) is 6.07 Å². The molecule has 0 bridgehead atoms. The molecule has 8 nitrogen and oxygen atoms in total. The molecular formula is C25H23N5O3. The average Bonchev–Trinajstić information content (AvgIpc) is 2.81. The molecule has 0 aliphatic carbocycles. The van der Waals surface area contributed by atoms with Gasteiger partial charge < -0.3 is 9.30 Å². The maximum absolute atomic E-state index is 13.3. The highest BCUT2D eigenvalue weighted by atomic mass is 16.5. The molecule has 33 heavy (non-hydrogen) atoms. The summed E-state index contributed by atoms with van der Waals surface area (Å²) in [6.07, 6.45) is 2.24. The molecule has 0 saturated heterocycles. The molecule has 0 atom stereocenters. The Hall–Kier alpha value is -4.09. The third-order valence-corrected chi connectivity index (χ3v) is 5.54. The lowest BCUT2D eigenvalue weighted by Crippen LogP contribution is -2.30. The number of hydrogen-bond donors (Lipinski definition) is 0. The van der Waals surface area contributed by atoms with E-state index in [1.165, 1.54) is 10.5 Å². The SMILES string of the molecule is COCCCn1c(=NC(=O)c2ccccc2C)c(C#N)cc2c(=O)n3cccc(C)c3nc21. The number of nitrogens with zero attached hydrogens (tertiary/aromatic N) is 5. The largest absolute Gasteiger partial charge is 0.385 e. The number of pyridine rings is 2. The standard InChI is InChI=1S/C25H23N5O3/c1-16-8-4-5-10-19(16)24(31)28-22-18(15-26)14-20-23(29(22)12-7-13-33-3)27-21-17(2)9-6-11-30(21)25(20)32/h4-6,8-11,14H,7,12-13H2,1-3H3. The molecule has 4 rings (SSSR count). The van der Waals surface area contributed by atoms with E-state index < -0.39 is 5.91 Å². The zero-order chi connectivity index (χ0) is 23.5. The van der Waals surface area contributed by atoms with Crippen molar-refractivity contribution in [1.29, 1.82) is 5.26 Å². The van der Waals surface area contributed by atoms with Gasteiger partial charge in [-0.3, -0.25) is 14.0 Å². The van der Waals surface area contributed by atoms with Crippen molar-refractivity contribution in [3.63, 3.8) is 0 Å². The first-order chi connectivity index (χ1) is 16.0. The molecule has 3 aromatic heterocycles. The zero-order valence-electron chi connectivity index (χ0n) is 18.7. The van der Waals surface area contributed by atoms with E-state index >= 15 is 0 Å². The predicted octanol–water partition coefficient (Wildman–Crippen LogP) is 2.92. The summed E-state index contributed by atoms with van der Waals surface area (Å²) in [5, 5.41) is 10.2. The number of carbonyl (C=O) groups is 1. The quantitative estimate of drug-likeness (QED) is 0.350. The highest BCUT2D eigenvalue weighted by Crippen LogP contribution is 2.14. The Labute approximate surface area is 190 Å². The second-order valence-corrected chi connectivity index (χ2v) is 7.76. The summed E-state index contributed by atoms with van der Waals surface area (Å²) >= 11 is 0. The third kappa shape index (κ3) is 4.06. The number of fused-ring (bicyclic) bond motifs is 2. The maximum Gasteiger partial charge on any atom is 0.279 e. The first-order valence-corrected chi connectivity index (χ1v) is 10.6. The van der Waals surface area contributed by atoms with Crippen molar-refractivity contribution < 1.29 is 9.53 Å². The summed E-state index contributed by atoms with van der Waals surface area (Å²) in [6, 6.07) is 14.4. The van der Waals surface area contributed by atoms with Crippen LogP contribution < -0.4 is 11.0 Å². The molecule has 0 unspecified atom stereocenters. The number of nitriles is 1. The average molecular weight is 441 g/mol. The second-order valence-electron chi connectivity index (χ2n) is 7.76. The van der Waals surface area contributed by atoms with Crippen LogP contribution in [0.5, 0.6) is 0 Å². The second kappa shape index (κ2) is 9.18. The fourth-order valence-electron chi connectivity index (χ4n) is 3.84. The third-order valence-electron chi connectivity index (χ3n) is 5.54. The fraction of sp³-hybridized carbons (Fsp3) is 0.240. The van der Waals surface area contributed by atoms with E-state index in [-0.39, 0.29) is 22.0 Å². The van der Waals surface area contributed by atoms with E-state index in [1.807, 2.05) is 32.0 Å². The Balaban J connectivity index is 2.09. The smallest absolute Gasteiger partial charge is 0.279 e. The molecule has 8 heteroatoms. The molecule has 0 N–H and O–H groups in total. The van der Waals surface area contributed by atoms with Gasteiger partial charge in [0.1, 0.15) is 17.4 Å². The van der Waals surface area contributed by atoms with E-state index in [4.69, 9.17) is 9.72 Å². The van der Waals surface area contributed by atoms with E-state index in [2.05, 4.69) is 11.1 Å². The molecule has 4 aromatic rings. The molecule has 1 aromatic carbocycles. The number of methoxy groups -OCH3 is 1. The lowest BCUT2D eigenvalue weighted by Gasteiger charge is -2.14. The van der Waals surface area contributed by atoms with Crippen LogP contribution in [0.1, 0.15) is 33.5 Å². The molecule has 166 valence electrons. The normalized spacial score (nSPS) is 11.8. The molecule has 0 aliphatic rings. The van der Waals surface area contributed by atoms with Crippen LogP contribution in [0.3, 0.4) is 0 Å². The van der Waals surface area contributed by atoms with Crippen LogP contribution in [-0.2, 0) is 11.3 Å². The van der Waals surface area contributed by atoms with Crippen LogP contribution >= 0.6 is 0 Å². The molecule has 3 heterocycles. The summed E-state index contributed by atoms with van der Waals surface area (Å²) in [6.45, 7) is 4.54. The molecule has 0 radical (unpaired) electrons. The van der Waals surface area contributed by atoms with E-state index in [0.717, 1.165) is 11.1 Å². The monoisotopic (exact) mass is 441 g/mol. The van der Waals surface area contributed by atoms with Crippen molar-refractivity contribution in [2.45, 2.75) is 26.8 Å². The predicted molar refractivity (Wildman–Crippen MR) is 124 cm³/mol. The van der Waals surface area contributed by atoms with E-state index in [1.54, 1.807) is 36.1 Å². The van der Waals surface area contributed by atoms with Crippen LogP contribution in [0.25, 0.3) is 16.7 Å². The Morgan fingerprint density at radius 3 is 2.64 bits per heavy atom. The summed E-state index contributed by atoms with van der Waals surface area (Å²) in [4.78, 5) is 35.4. The number of aryl methyl sites for hydroxylation is 3. The van der Waals surface area contributed by atoms with Crippen LogP contribution in [0, 0.1) is 25.2 Å². The van der Waals surface area contributed by atoms with Gasteiger partial charge in [-0.15, -0.1) is 0 Å². The van der Waals surface area contributed by atoms with Crippen LogP contribution in [0.15, 0.2) is 58.4 Å². The molecule has 0 spiro atoms. The van der Waals surface area contributed by atoms with Gasteiger partial charge in [0.15, 0.2) is 5.49 Å². The van der Waals surface area contributed by atoms with Gasteiger partial charge in [-0.05, 0) is 49.6 Å². The summed E-state index contributed by atoms with van der Waals surface area (Å²) in [5.74, 6) is -0.460. The Kier molecular flexibility index (Phi) is 6.16. The minimum atomic E-state index is -0.460. The number of hydrogen-bond acceptors (Lipinski definition) is 5. The van der Waals surface area contributed by atoms with Crippen molar-refractivity contribution in [2.24, 2.45) is 4.99 Å². The van der Waals surface area contributed by atoms with Gasteiger partial charge in [0, 0.05) is 32.0 Å². The maximum atomic E-state index is 13.3. The van der Waals surface area contributed by atoms with E-state index in [9.17, 15) is 14.9 Å². The lowest BCUT2D eigenvalue weighted by molar-refractivity contribution is 0.0996. The van der Waals surface area contributed by atoms with Gasteiger partial charge in [0.2, 0.25) is 0 Å². The molecular weight excluding hydrogens is 418 g/mol. The van der Waals surface area contributed by atoms with Crippen molar-refractivity contribution >= 4 is 22.6 Å². The number of carbonyl (C=O) groups excluding carboxylic acids is 1. The first-order valence-electron chi connectivity index (χ1n) is 10.6. The van der Waals surface area contributed by atoms with Gasteiger partial charge in [0.25, 0.3) is 11.5 Å². The highest BCUT2D eigenvalue weighted by Gasteiger charge is 2.16. The minimum Gasteiger partial charge on any atom is -0.385 e. The van der Waals surface area contributed by atoms with Gasteiger partial charge >= 0.3 is 0 Å². The van der Waals surface area contributed by atoms with Gasteiger partial charge in [-0.2, -0.15) is 10.3 Å². The first kappa shape index (κ1) is 22.1. The number of ether oxygens (including phenoxy) is 1. The Morgan fingerprint density at radius 1 is 1.15 bits per heavy atom. The summed E-state index contributed by atoms with van der Waals surface area (Å²) < 4.78 is 8.33. The lowest BCUT2D eigenvalue weighted by atomic mass is 10.1. The van der Waals surface area contributed by atoms with Crippen LogP contribution in [0.2, 0.25) is 0 Å². The Morgan fingerprint density at radius 2 is 1.91 bits per heavy atom. The summed E-state index contributed by atoms with van der Waals surface area (Å²) in [5.41, 5.74) is 2.98. The van der Waals surface area contributed by atoms with Gasteiger partial charge in [-0.25, -0.2) is 4.98 Å². The molecule has 0 fully saturated rings. The van der Waals surface area contributed by atoms with Gasteiger partial charge in [-0.1, -0.05) is 24.3 Å². The number of rotatable bonds is 5. The fourth-order valence-corrected chi connectivity index (χ4v) is 3.84. The molecule has 0 aliphatic heterocycles. The van der Waals surface area contributed by atoms with Gasteiger partial charge in [0.05, 0.1) is 10.9 Å².